The van der Waals surface area contributed by atoms with Crippen molar-refractivity contribution in [3.05, 3.63) is 75.3 Å². The summed E-state index contributed by atoms with van der Waals surface area (Å²) in [6.45, 7) is 0. The summed E-state index contributed by atoms with van der Waals surface area (Å²) in [5.74, 6) is -0.544. The lowest BCUT2D eigenvalue weighted by atomic mass is 10.2. The van der Waals surface area contributed by atoms with E-state index in [4.69, 9.17) is 11.6 Å². The van der Waals surface area contributed by atoms with Crippen LogP contribution in [0.25, 0.3) is 16.6 Å². The molecule has 0 radical (unpaired) electrons. The molecule has 0 saturated heterocycles. The van der Waals surface area contributed by atoms with Crippen molar-refractivity contribution in [1.29, 1.82) is 0 Å². The van der Waals surface area contributed by atoms with Crippen LogP contribution in [0.4, 0.5) is 14.9 Å². The van der Waals surface area contributed by atoms with Crippen LogP contribution < -0.4 is 15.6 Å². The molecular formula is C19H14ClFN4O4S2. The standard InChI is InChI=1S/C19H14ClFN4O4S2/c20-16-7-8-17(30-16)31(28,29)24-19(27)23-12-2-4-13(5-3-12)25-10-22-15-6-1-11(21)9-14(15)18(25)26/h1-6,8-10,16H,7H2,(H2,23,24,27). The van der Waals surface area contributed by atoms with Gasteiger partial charge in [0, 0.05) is 5.69 Å². The third-order valence-corrected chi connectivity index (χ3v) is 7.72. The molecule has 2 heterocycles. The highest BCUT2D eigenvalue weighted by Crippen LogP contribution is 2.37. The van der Waals surface area contributed by atoms with Gasteiger partial charge in [0.25, 0.3) is 15.6 Å². The maximum atomic E-state index is 13.5. The maximum Gasteiger partial charge on any atom is 0.333 e. The number of benzene rings is 2. The molecule has 2 aromatic carbocycles. The highest BCUT2D eigenvalue weighted by molar-refractivity contribution is 8.19. The number of hydrogen-bond acceptors (Lipinski definition) is 6. The SMILES string of the molecule is O=C(Nc1ccc(-n2cnc3ccc(F)cc3c2=O)cc1)NS(=O)(=O)C1=CCC(Cl)S1. The quantitative estimate of drug-likeness (QED) is 0.553. The topological polar surface area (TPSA) is 110 Å². The average Bonchev–Trinajstić information content (AvgIpc) is 3.16. The van der Waals surface area contributed by atoms with E-state index in [-0.39, 0.29) is 14.3 Å². The number of sulfonamides is 1. The molecule has 1 aromatic heterocycles. The first-order valence-corrected chi connectivity index (χ1v) is 11.6. The van der Waals surface area contributed by atoms with Gasteiger partial charge in [-0.3, -0.25) is 9.36 Å². The van der Waals surface area contributed by atoms with Gasteiger partial charge < -0.3 is 5.32 Å². The largest absolute Gasteiger partial charge is 0.333 e. The van der Waals surface area contributed by atoms with E-state index in [1.807, 2.05) is 4.72 Å². The molecular weight excluding hydrogens is 467 g/mol. The fourth-order valence-corrected chi connectivity index (χ4v) is 5.76. The van der Waals surface area contributed by atoms with Gasteiger partial charge in [-0.2, -0.15) is 0 Å². The van der Waals surface area contributed by atoms with Crippen molar-refractivity contribution < 1.29 is 17.6 Å². The predicted octanol–water partition coefficient (Wildman–Crippen LogP) is 3.52. The number of thioether (sulfide) groups is 1. The highest BCUT2D eigenvalue weighted by atomic mass is 35.5. The summed E-state index contributed by atoms with van der Waals surface area (Å²) in [5.41, 5.74) is 0.652. The van der Waals surface area contributed by atoms with E-state index in [0.29, 0.717) is 23.3 Å². The van der Waals surface area contributed by atoms with Crippen molar-refractivity contribution in [3.63, 3.8) is 0 Å². The molecule has 0 bridgehead atoms. The average molecular weight is 481 g/mol. The molecule has 8 nitrogen and oxygen atoms in total. The highest BCUT2D eigenvalue weighted by Gasteiger charge is 2.27. The van der Waals surface area contributed by atoms with Gasteiger partial charge in [-0.1, -0.05) is 17.8 Å². The first-order valence-electron chi connectivity index (χ1n) is 8.85. The van der Waals surface area contributed by atoms with Crippen LogP contribution in [0.1, 0.15) is 6.42 Å². The van der Waals surface area contributed by atoms with Gasteiger partial charge in [-0.05, 0) is 48.9 Å². The Balaban J connectivity index is 1.50. The van der Waals surface area contributed by atoms with Crippen LogP contribution in [0.2, 0.25) is 0 Å². The summed E-state index contributed by atoms with van der Waals surface area (Å²) in [7, 11) is -4.00. The third-order valence-electron chi connectivity index (χ3n) is 4.33. The van der Waals surface area contributed by atoms with Crippen molar-refractivity contribution >= 4 is 56.0 Å². The van der Waals surface area contributed by atoms with E-state index < -0.39 is 27.4 Å². The monoisotopic (exact) mass is 480 g/mol. The molecule has 12 heteroatoms. The number of nitrogens with one attached hydrogen (secondary N) is 2. The maximum absolute atomic E-state index is 13.5. The summed E-state index contributed by atoms with van der Waals surface area (Å²) >= 11 is 6.82. The fourth-order valence-electron chi connectivity index (χ4n) is 2.90. The zero-order chi connectivity index (χ0) is 22.2. The van der Waals surface area contributed by atoms with Gasteiger partial charge in [0.15, 0.2) is 0 Å². The van der Waals surface area contributed by atoms with Crippen molar-refractivity contribution in [3.8, 4) is 5.69 Å². The Morgan fingerprint density at radius 1 is 1.23 bits per heavy atom. The minimum Gasteiger partial charge on any atom is -0.307 e. The Bertz CT molecular complexity index is 1370. The van der Waals surface area contributed by atoms with E-state index >= 15 is 0 Å². The number of fused-ring (bicyclic) bond motifs is 1. The van der Waals surface area contributed by atoms with Crippen LogP contribution in [0, 0.1) is 5.82 Å². The summed E-state index contributed by atoms with van der Waals surface area (Å²) in [6, 6.07) is 8.87. The number of alkyl halides is 1. The minimum atomic E-state index is -4.00. The van der Waals surface area contributed by atoms with Crippen LogP contribution in [0.3, 0.4) is 0 Å². The van der Waals surface area contributed by atoms with E-state index in [1.165, 1.54) is 53.4 Å². The second-order valence-corrected chi connectivity index (χ2v) is 10.4. The third kappa shape index (κ3) is 4.58. The molecule has 0 aliphatic carbocycles. The van der Waals surface area contributed by atoms with E-state index in [0.717, 1.165) is 17.8 Å². The minimum absolute atomic E-state index is 0.00221. The van der Waals surface area contributed by atoms with Gasteiger partial charge in [-0.25, -0.2) is 27.3 Å². The zero-order valence-corrected chi connectivity index (χ0v) is 18.0. The van der Waals surface area contributed by atoms with Crippen LogP contribution in [-0.2, 0) is 10.0 Å². The molecule has 3 aromatic rings. The second-order valence-electron chi connectivity index (χ2n) is 6.47. The fraction of sp³-hybridized carbons (Fsp3) is 0.105. The predicted molar refractivity (Wildman–Crippen MR) is 118 cm³/mol. The molecule has 0 fully saturated rings. The number of carbonyl (C=O) groups excluding carboxylic acids is 1. The lowest BCUT2D eigenvalue weighted by Crippen LogP contribution is -2.34. The van der Waals surface area contributed by atoms with E-state index in [9.17, 15) is 22.4 Å². The lowest BCUT2D eigenvalue weighted by molar-refractivity contribution is 0.256. The Morgan fingerprint density at radius 2 is 1.97 bits per heavy atom. The molecule has 1 aliphatic heterocycles. The lowest BCUT2D eigenvalue weighted by Gasteiger charge is -2.10. The molecule has 2 amide bonds. The van der Waals surface area contributed by atoms with Crippen molar-refractivity contribution in [2.24, 2.45) is 0 Å². The number of hydrogen-bond donors (Lipinski definition) is 2. The Morgan fingerprint density at radius 3 is 2.65 bits per heavy atom. The summed E-state index contributed by atoms with van der Waals surface area (Å²) < 4.78 is 40.7. The van der Waals surface area contributed by atoms with Crippen LogP contribution in [0.5, 0.6) is 0 Å². The molecule has 1 atom stereocenters. The van der Waals surface area contributed by atoms with Gasteiger partial charge in [0.2, 0.25) is 0 Å². The smallest absolute Gasteiger partial charge is 0.307 e. The van der Waals surface area contributed by atoms with Crippen LogP contribution in [0.15, 0.2) is 63.9 Å². The molecule has 2 N–H and O–H groups in total. The number of urea groups is 1. The number of nitrogens with zero attached hydrogens (tertiary/aromatic N) is 2. The molecule has 1 aliphatic rings. The number of amides is 2. The number of anilines is 1. The summed E-state index contributed by atoms with van der Waals surface area (Å²) in [6.07, 6.45) is 3.16. The molecule has 31 heavy (non-hydrogen) atoms. The first kappa shape index (κ1) is 21.3. The molecule has 160 valence electrons. The first-order chi connectivity index (χ1) is 14.7. The van der Waals surface area contributed by atoms with Crippen molar-refractivity contribution in [2.75, 3.05) is 5.32 Å². The van der Waals surface area contributed by atoms with Crippen molar-refractivity contribution in [1.82, 2.24) is 14.3 Å². The van der Waals surface area contributed by atoms with Crippen LogP contribution in [-0.4, -0.2) is 28.7 Å². The number of aromatic nitrogens is 2. The molecule has 1 unspecified atom stereocenters. The number of rotatable bonds is 4. The van der Waals surface area contributed by atoms with E-state index in [2.05, 4.69) is 10.3 Å². The second kappa shape index (κ2) is 8.33. The van der Waals surface area contributed by atoms with Crippen molar-refractivity contribution in [2.45, 2.75) is 11.1 Å². The molecule has 0 saturated carbocycles. The number of halogens is 2. The normalized spacial score (nSPS) is 16.2. The summed E-state index contributed by atoms with van der Waals surface area (Å²) in [5, 5.41) is 2.54. The zero-order valence-electron chi connectivity index (χ0n) is 15.6. The van der Waals surface area contributed by atoms with Gasteiger partial charge in [0.05, 0.1) is 21.3 Å². The Labute approximate surface area is 185 Å². The molecule has 0 spiro atoms. The van der Waals surface area contributed by atoms with Gasteiger partial charge >= 0.3 is 6.03 Å². The Hall–Kier alpha value is -2.89. The number of carbonyl (C=O) groups is 1. The van der Waals surface area contributed by atoms with E-state index in [1.54, 1.807) is 0 Å². The molecule has 4 rings (SSSR count). The van der Waals surface area contributed by atoms with Gasteiger partial charge in [0.1, 0.15) is 16.4 Å². The number of allylic oxidation sites excluding steroid dienone is 1. The van der Waals surface area contributed by atoms with Crippen LogP contribution >= 0.6 is 23.4 Å². The Kier molecular flexibility index (Phi) is 5.73. The van der Waals surface area contributed by atoms with Gasteiger partial charge in [-0.15, -0.1) is 11.6 Å². The summed E-state index contributed by atoms with van der Waals surface area (Å²) in [4.78, 5) is 28.9.